The Hall–Kier alpha value is -2.92. The molecule has 0 spiro atoms. The highest BCUT2D eigenvalue weighted by molar-refractivity contribution is 14.1. The van der Waals surface area contributed by atoms with Crippen LogP contribution in [0.2, 0.25) is 0 Å². The number of hydrogen-bond acceptors (Lipinski definition) is 7. The average Bonchev–Trinajstić information content (AvgIpc) is 3.10. The molecule has 1 N–H and O–H groups in total. The highest BCUT2D eigenvalue weighted by atomic mass is 127. The molecule has 0 bridgehead atoms. The van der Waals surface area contributed by atoms with E-state index in [2.05, 4.69) is 4.99 Å². The first-order valence-corrected chi connectivity index (χ1v) is 12.5. The van der Waals surface area contributed by atoms with Crippen LogP contribution in [0.4, 0.5) is 0 Å². The molecule has 2 aromatic carbocycles. The van der Waals surface area contributed by atoms with Crippen molar-refractivity contribution in [2.75, 3.05) is 13.7 Å². The lowest BCUT2D eigenvalue weighted by Gasteiger charge is -2.24. The molecule has 3 aromatic rings. The van der Waals surface area contributed by atoms with Gasteiger partial charge in [-0.1, -0.05) is 41.2 Å². The van der Waals surface area contributed by atoms with E-state index in [0.29, 0.717) is 35.5 Å². The van der Waals surface area contributed by atoms with Crippen molar-refractivity contribution < 1.29 is 19.4 Å². The summed E-state index contributed by atoms with van der Waals surface area (Å²) >= 11 is 3.26. The molecule has 34 heavy (non-hydrogen) atoms. The Balaban J connectivity index is 1.95. The molecule has 0 amide bonds. The molecule has 7 nitrogen and oxygen atoms in total. The number of esters is 1. The topological polar surface area (TPSA) is 90.1 Å². The fraction of sp³-hybridized carbons (Fsp3) is 0.240. The van der Waals surface area contributed by atoms with E-state index in [9.17, 15) is 14.7 Å². The number of phenolic OH excluding ortho intramolecular Hbond substituents is 1. The smallest absolute Gasteiger partial charge is 0.338 e. The maximum atomic E-state index is 13.6. The number of fused-ring (bicyclic) bond motifs is 1. The molecule has 0 radical (unpaired) electrons. The first-order valence-electron chi connectivity index (χ1n) is 10.6. The molecule has 1 atom stereocenters. The molecule has 1 aromatic heterocycles. The van der Waals surface area contributed by atoms with E-state index in [0.717, 1.165) is 11.1 Å². The third-order valence-corrected chi connectivity index (χ3v) is 7.28. The van der Waals surface area contributed by atoms with E-state index in [1.165, 1.54) is 18.4 Å². The summed E-state index contributed by atoms with van der Waals surface area (Å²) < 4.78 is 13.2. The number of thiazole rings is 1. The van der Waals surface area contributed by atoms with Crippen molar-refractivity contribution >= 4 is 46.0 Å². The number of rotatable bonds is 5. The summed E-state index contributed by atoms with van der Waals surface area (Å²) in [6, 6.07) is 10.5. The summed E-state index contributed by atoms with van der Waals surface area (Å²) in [7, 11) is 1.48. The van der Waals surface area contributed by atoms with Gasteiger partial charge in [0.2, 0.25) is 0 Å². The summed E-state index contributed by atoms with van der Waals surface area (Å²) in [4.78, 5) is 31.6. The summed E-state index contributed by atoms with van der Waals surface area (Å²) in [6.07, 6.45) is 1.74. The minimum Gasteiger partial charge on any atom is -0.504 e. The number of halogens is 1. The van der Waals surface area contributed by atoms with Crippen LogP contribution in [0.3, 0.4) is 0 Å². The van der Waals surface area contributed by atoms with Crippen molar-refractivity contribution in [3.8, 4) is 11.5 Å². The second kappa shape index (κ2) is 9.75. The highest BCUT2D eigenvalue weighted by Gasteiger charge is 2.33. The van der Waals surface area contributed by atoms with Gasteiger partial charge in [0, 0.05) is 0 Å². The number of allylic oxidation sites excluding steroid dienone is 1. The largest absolute Gasteiger partial charge is 0.504 e. The fourth-order valence-corrected chi connectivity index (χ4v) is 5.51. The second-order valence-electron chi connectivity index (χ2n) is 7.77. The van der Waals surface area contributed by atoms with Crippen molar-refractivity contribution in [1.82, 2.24) is 4.57 Å². The molecule has 1 aliphatic heterocycles. The van der Waals surface area contributed by atoms with Gasteiger partial charge in [0.25, 0.3) is 5.56 Å². The maximum Gasteiger partial charge on any atom is 0.338 e. The zero-order chi connectivity index (χ0) is 24.6. The molecular formula is C25H23IN2O5S. The molecule has 2 heterocycles. The number of ether oxygens (including phenoxy) is 2. The van der Waals surface area contributed by atoms with Crippen molar-refractivity contribution in [1.29, 1.82) is 0 Å². The molecule has 4 rings (SSSR count). The first-order chi connectivity index (χ1) is 16.2. The van der Waals surface area contributed by atoms with Gasteiger partial charge in [0.1, 0.15) is 0 Å². The highest BCUT2D eigenvalue weighted by Crippen LogP contribution is 2.33. The molecular weight excluding hydrogens is 567 g/mol. The Labute approximate surface area is 213 Å². The van der Waals surface area contributed by atoms with Crippen LogP contribution in [-0.2, 0) is 9.53 Å². The van der Waals surface area contributed by atoms with Crippen LogP contribution in [0.25, 0.3) is 6.08 Å². The minimum absolute atomic E-state index is 0.0517. The lowest BCUT2D eigenvalue weighted by Crippen LogP contribution is -2.39. The minimum atomic E-state index is -0.646. The SMILES string of the molecule is CCOC(=O)C1=C(C)N=c2s/c(=C\c3cc(I)c(O)c(OC)c3)c(=O)n2[C@H]1c1ccc(C)cc1. The quantitative estimate of drug-likeness (QED) is 0.364. The monoisotopic (exact) mass is 590 g/mol. The van der Waals surface area contributed by atoms with E-state index < -0.39 is 12.0 Å². The van der Waals surface area contributed by atoms with Crippen LogP contribution >= 0.6 is 33.9 Å². The number of aromatic hydroxyl groups is 1. The fourth-order valence-electron chi connectivity index (χ4n) is 3.84. The number of hydrogen-bond donors (Lipinski definition) is 1. The first kappa shape index (κ1) is 24.2. The molecule has 0 fully saturated rings. The van der Waals surface area contributed by atoms with Crippen molar-refractivity contribution in [3.05, 3.63) is 87.6 Å². The van der Waals surface area contributed by atoms with Gasteiger partial charge in [-0.3, -0.25) is 9.36 Å². The van der Waals surface area contributed by atoms with Crippen LogP contribution < -0.4 is 19.6 Å². The van der Waals surface area contributed by atoms with Gasteiger partial charge in [0.05, 0.1) is 39.1 Å². The summed E-state index contributed by atoms with van der Waals surface area (Å²) in [5.41, 5.74) is 3.20. The lowest BCUT2D eigenvalue weighted by atomic mass is 9.95. The van der Waals surface area contributed by atoms with Gasteiger partial charge in [-0.15, -0.1) is 0 Å². The predicted octanol–water partition coefficient (Wildman–Crippen LogP) is 3.43. The Morgan fingerprint density at radius 2 is 1.97 bits per heavy atom. The van der Waals surface area contributed by atoms with E-state index in [1.54, 1.807) is 36.6 Å². The van der Waals surface area contributed by atoms with Crippen LogP contribution in [0, 0.1) is 10.5 Å². The van der Waals surface area contributed by atoms with E-state index in [-0.39, 0.29) is 17.9 Å². The summed E-state index contributed by atoms with van der Waals surface area (Å²) in [5, 5.41) is 10.1. The van der Waals surface area contributed by atoms with E-state index in [4.69, 9.17) is 9.47 Å². The van der Waals surface area contributed by atoms with Crippen LogP contribution in [0.1, 0.15) is 36.6 Å². The number of carbonyl (C=O) groups excluding carboxylic acids is 1. The van der Waals surface area contributed by atoms with Gasteiger partial charge >= 0.3 is 5.97 Å². The van der Waals surface area contributed by atoms with Gasteiger partial charge in [-0.25, -0.2) is 9.79 Å². The van der Waals surface area contributed by atoms with Crippen LogP contribution in [0.15, 0.2) is 57.5 Å². The van der Waals surface area contributed by atoms with Gasteiger partial charge in [-0.05, 0) is 72.7 Å². The second-order valence-corrected chi connectivity index (χ2v) is 9.94. The molecule has 0 unspecified atom stereocenters. The van der Waals surface area contributed by atoms with Gasteiger partial charge in [-0.2, -0.15) is 0 Å². The van der Waals surface area contributed by atoms with Crippen molar-refractivity contribution in [2.45, 2.75) is 26.8 Å². The van der Waals surface area contributed by atoms with Crippen LogP contribution in [0.5, 0.6) is 11.5 Å². The van der Waals surface area contributed by atoms with Gasteiger partial charge < -0.3 is 14.6 Å². The van der Waals surface area contributed by atoms with E-state index >= 15 is 0 Å². The third-order valence-electron chi connectivity index (χ3n) is 5.48. The molecule has 176 valence electrons. The Morgan fingerprint density at radius 3 is 2.62 bits per heavy atom. The molecule has 1 aliphatic rings. The molecule has 0 saturated heterocycles. The van der Waals surface area contributed by atoms with E-state index in [1.807, 2.05) is 53.8 Å². The lowest BCUT2D eigenvalue weighted by molar-refractivity contribution is -0.139. The standard InChI is InChI=1S/C25H23IN2O5S/c1-5-33-24(31)20-14(3)27-25-28(21(20)16-8-6-13(2)7-9-16)23(30)19(34-25)12-15-10-17(26)22(29)18(11-15)32-4/h6-12,21,29H,5H2,1-4H3/b19-12-/t21-/m0/s1. The number of aromatic nitrogens is 1. The zero-order valence-corrected chi connectivity index (χ0v) is 22.1. The number of carbonyl (C=O) groups is 1. The molecule has 9 heteroatoms. The maximum absolute atomic E-state index is 13.6. The van der Waals surface area contributed by atoms with Crippen molar-refractivity contribution in [2.24, 2.45) is 4.99 Å². The zero-order valence-electron chi connectivity index (χ0n) is 19.1. The number of phenols is 1. The normalized spacial score (nSPS) is 15.7. The number of aryl methyl sites for hydroxylation is 1. The van der Waals surface area contributed by atoms with Crippen LogP contribution in [-0.4, -0.2) is 29.4 Å². The Morgan fingerprint density at radius 1 is 1.26 bits per heavy atom. The molecule has 0 saturated carbocycles. The Kier molecular flexibility index (Phi) is 6.94. The van der Waals surface area contributed by atoms with Gasteiger partial charge in [0.15, 0.2) is 16.3 Å². The van der Waals surface area contributed by atoms with Crippen molar-refractivity contribution in [3.63, 3.8) is 0 Å². The number of nitrogens with zero attached hydrogens (tertiary/aromatic N) is 2. The number of methoxy groups -OCH3 is 1. The summed E-state index contributed by atoms with van der Waals surface area (Å²) in [5.74, 6) is -0.110. The Bertz CT molecular complexity index is 1490. The average molecular weight is 590 g/mol. The summed E-state index contributed by atoms with van der Waals surface area (Å²) in [6.45, 7) is 5.72. The molecule has 0 aliphatic carbocycles. The third kappa shape index (κ3) is 4.41. The number of benzene rings is 2. The predicted molar refractivity (Wildman–Crippen MR) is 139 cm³/mol.